The molecule has 0 N–H and O–H groups in total. The molecule has 2 rings (SSSR count). The quantitative estimate of drug-likeness (QED) is 0.689. The first-order chi connectivity index (χ1) is 5.58. The maximum atomic E-state index is 5.74. The van der Waals surface area contributed by atoms with Crippen molar-refractivity contribution in [1.29, 1.82) is 0 Å². The number of halogens is 1. The molecule has 0 atom stereocenters. The number of hydrogen-bond acceptors (Lipinski definition) is 2. The van der Waals surface area contributed by atoms with Crippen LogP contribution in [0.15, 0.2) is 27.6 Å². The van der Waals surface area contributed by atoms with Crippen LogP contribution in [0.2, 0.25) is 0 Å². The van der Waals surface area contributed by atoms with Crippen LogP contribution in [-0.2, 0) is 0 Å². The lowest BCUT2D eigenvalue weighted by molar-refractivity contribution is 0.213. The van der Waals surface area contributed by atoms with Gasteiger partial charge in [-0.25, -0.2) is 0 Å². The summed E-state index contributed by atoms with van der Waals surface area (Å²) in [6.45, 7) is 4.15. The Bertz CT molecular complexity index is 322. The maximum Gasteiger partial charge on any atom is 0.153 e. The predicted molar refractivity (Wildman–Crippen MR) is 54.7 cm³/mol. The highest BCUT2D eigenvalue weighted by Crippen LogP contribution is 2.49. The molecule has 1 aromatic rings. The Morgan fingerprint density at radius 3 is 2.83 bits per heavy atom. The second-order valence-electron chi connectivity index (χ2n) is 3.17. The lowest BCUT2D eigenvalue weighted by Gasteiger charge is -2.15. The summed E-state index contributed by atoms with van der Waals surface area (Å²) in [6.07, 6.45) is 0. The van der Waals surface area contributed by atoms with Crippen LogP contribution in [0.4, 0.5) is 0 Å². The van der Waals surface area contributed by atoms with Crippen molar-refractivity contribution in [1.82, 2.24) is 0 Å². The van der Waals surface area contributed by atoms with Crippen molar-refractivity contribution in [3.63, 3.8) is 0 Å². The van der Waals surface area contributed by atoms with Crippen molar-refractivity contribution in [2.75, 3.05) is 0 Å². The van der Waals surface area contributed by atoms with E-state index in [1.807, 2.05) is 12.1 Å². The average Bonchev–Trinajstić information content (AvgIpc) is 2.25. The molecular weight excluding hydrogens is 236 g/mol. The topological polar surface area (TPSA) is 9.23 Å². The molecule has 1 aliphatic rings. The fraction of sp³-hybridized carbons (Fsp3) is 0.333. The molecule has 0 spiro atoms. The van der Waals surface area contributed by atoms with Gasteiger partial charge in [-0.2, -0.15) is 0 Å². The molecule has 1 aromatic carbocycles. The van der Waals surface area contributed by atoms with E-state index in [9.17, 15) is 0 Å². The van der Waals surface area contributed by atoms with Crippen molar-refractivity contribution in [2.45, 2.75) is 23.7 Å². The van der Waals surface area contributed by atoms with Gasteiger partial charge in [-0.3, -0.25) is 0 Å². The van der Waals surface area contributed by atoms with Crippen LogP contribution < -0.4 is 4.74 Å². The molecule has 0 saturated heterocycles. The first kappa shape index (κ1) is 8.45. The smallest absolute Gasteiger partial charge is 0.153 e. The molecule has 64 valence electrons. The standard InChI is InChI=1S/C9H9BrOS/c1-9(2)11-8-6(10)4-3-5-7(8)12-9/h3-5H,1-2H3. The van der Waals surface area contributed by atoms with E-state index in [-0.39, 0.29) is 4.93 Å². The molecule has 0 aliphatic carbocycles. The van der Waals surface area contributed by atoms with Crippen LogP contribution in [0.25, 0.3) is 0 Å². The largest absolute Gasteiger partial charge is 0.475 e. The summed E-state index contributed by atoms with van der Waals surface area (Å²) in [4.78, 5) is 1.10. The monoisotopic (exact) mass is 244 g/mol. The fourth-order valence-corrected chi connectivity index (χ4v) is 2.82. The highest BCUT2D eigenvalue weighted by Gasteiger charge is 2.31. The predicted octanol–water partition coefficient (Wildman–Crippen LogP) is 3.67. The lowest BCUT2D eigenvalue weighted by Crippen LogP contribution is -2.18. The molecule has 1 nitrogen and oxygen atoms in total. The number of thioether (sulfide) groups is 1. The second kappa shape index (κ2) is 2.67. The van der Waals surface area contributed by atoms with Gasteiger partial charge in [-0.15, -0.1) is 0 Å². The van der Waals surface area contributed by atoms with Crippen molar-refractivity contribution in [3.8, 4) is 5.75 Å². The number of benzene rings is 1. The summed E-state index contributed by atoms with van der Waals surface area (Å²) < 4.78 is 6.78. The van der Waals surface area contributed by atoms with E-state index in [0.29, 0.717) is 0 Å². The van der Waals surface area contributed by atoms with Crippen molar-refractivity contribution >= 4 is 27.7 Å². The molecule has 0 unspecified atom stereocenters. The van der Waals surface area contributed by atoms with Crippen LogP contribution in [-0.4, -0.2) is 4.93 Å². The minimum absolute atomic E-state index is 0.119. The molecule has 0 fully saturated rings. The van der Waals surface area contributed by atoms with Gasteiger partial charge < -0.3 is 4.74 Å². The van der Waals surface area contributed by atoms with E-state index < -0.39 is 0 Å². The zero-order chi connectivity index (χ0) is 8.77. The second-order valence-corrected chi connectivity index (χ2v) is 5.65. The van der Waals surface area contributed by atoms with Crippen LogP contribution in [0.5, 0.6) is 5.75 Å². The first-order valence-corrected chi connectivity index (χ1v) is 5.36. The van der Waals surface area contributed by atoms with Crippen LogP contribution >= 0.6 is 27.7 Å². The first-order valence-electron chi connectivity index (χ1n) is 3.75. The van der Waals surface area contributed by atoms with E-state index in [4.69, 9.17) is 4.74 Å². The summed E-state index contributed by atoms with van der Waals surface area (Å²) in [7, 11) is 0. The van der Waals surface area contributed by atoms with Crippen LogP contribution in [0.1, 0.15) is 13.8 Å². The van der Waals surface area contributed by atoms with Gasteiger partial charge in [0.2, 0.25) is 0 Å². The van der Waals surface area contributed by atoms with Gasteiger partial charge in [-0.1, -0.05) is 17.8 Å². The summed E-state index contributed by atoms with van der Waals surface area (Å²) in [5, 5.41) is 0. The summed E-state index contributed by atoms with van der Waals surface area (Å²) in [5.74, 6) is 0.979. The van der Waals surface area contributed by atoms with E-state index >= 15 is 0 Å². The number of ether oxygens (including phenoxy) is 1. The minimum Gasteiger partial charge on any atom is -0.475 e. The van der Waals surface area contributed by atoms with Crippen LogP contribution in [0.3, 0.4) is 0 Å². The Morgan fingerprint density at radius 2 is 2.17 bits per heavy atom. The highest BCUT2D eigenvalue weighted by atomic mass is 79.9. The van der Waals surface area contributed by atoms with Crippen molar-refractivity contribution < 1.29 is 4.74 Å². The van der Waals surface area contributed by atoms with E-state index in [1.165, 1.54) is 4.90 Å². The Balaban J connectivity index is 2.48. The van der Waals surface area contributed by atoms with Gasteiger partial charge in [0.05, 0.1) is 9.37 Å². The van der Waals surface area contributed by atoms with E-state index in [2.05, 4.69) is 35.8 Å². The number of rotatable bonds is 0. The Labute approximate surface area is 84.6 Å². The summed E-state index contributed by atoms with van der Waals surface area (Å²) >= 11 is 5.22. The Morgan fingerprint density at radius 1 is 1.42 bits per heavy atom. The zero-order valence-electron chi connectivity index (χ0n) is 6.93. The zero-order valence-corrected chi connectivity index (χ0v) is 9.33. The van der Waals surface area contributed by atoms with Crippen LogP contribution in [0, 0.1) is 0 Å². The molecule has 0 bridgehead atoms. The number of hydrogen-bond donors (Lipinski definition) is 0. The van der Waals surface area contributed by atoms with E-state index in [0.717, 1.165) is 10.2 Å². The highest BCUT2D eigenvalue weighted by molar-refractivity contribution is 9.10. The fourth-order valence-electron chi connectivity index (χ4n) is 1.20. The number of para-hydroxylation sites is 1. The third-order valence-corrected chi connectivity index (χ3v) is 3.38. The van der Waals surface area contributed by atoms with Crippen molar-refractivity contribution in [3.05, 3.63) is 22.7 Å². The lowest BCUT2D eigenvalue weighted by atomic mass is 10.3. The SMILES string of the molecule is CC1(C)Oc2c(Br)cccc2S1. The third kappa shape index (κ3) is 1.36. The molecule has 0 saturated carbocycles. The Hall–Kier alpha value is -0.150. The molecule has 0 amide bonds. The number of fused-ring (bicyclic) bond motifs is 1. The minimum atomic E-state index is -0.119. The van der Waals surface area contributed by atoms with Crippen molar-refractivity contribution in [2.24, 2.45) is 0 Å². The molecule has 1 aliphatic heterocycles. The van der Waals surface area contributed by atoms with Gasteiger partial charge in [0.15, 0.2) is 4.93 Å². The molecule has 3 heteroatoms. The normalized spacial score (nSPS) is 18.6. The summed E-state index contributed by atoms with van der Waals surface area (Å²) in [5.41, 5.74) is 0. The Kier molecular flexibility index (Phi) is 1.88. The molecule has 12 heavy (non-hydrogen) atoms. The van der Waals surface area contributed by atoms with Gasteiger partial charge in [0.25, 0.3) is 0 Å². The van der Waals surface area contributed by atoms with E-state index in [1.54, 1.807) is 11.8 Å². The maximum absolute atomic E-state index is 5.74. The summed E-state index contributed by atoms with van der Waals surface area (Å²) in [6, 6.07) is 6.11. The molecule has 0 aromatic heterocycles. The van der Waals surface area contributed by atoms with Gasteiger partial charge in [0.1, 0.15) is 5.75 Å². The van der Waals surface area contributed by atoms with Gasteiger partial charge in [0, 0.05) is 0 Å². The molecule has 0 radical (unpaired) electrons. The average molecular weight is 245 g/mol. The third-order valence-electron chi connectivity index (χ3n) is 1.63. The van der Waals surface area contributed by atoms with Gasteiger partial charge >= 0.3 is 0 Å². The van der Waals surface area contributed by atoms with Gasteiger partial charge in [-0.05, 0) is 41.9 Å². The molecule has 1 heterocycles. The molecular formula is C9H9BrOS.